The van der Waals surface area contributed by atoms with Crippen molar-refractivity contribution in [3.05, 3.63) is 87.2 Å². The number of aromatic nitrogens is 2. The van der Waals surface area contributed by atoms with Crippen molar-refractivity contribution in [2.75, 3.05) is 0 Å². The summed E-state index contributed by atoms with van der Waals surface area (Å²) in [4.78, 5) is 30.4. The van der Waals surface area contributed by atoms with Gasteiger partial charge in [0.1, 0.15) is 31.4 Å². The first-order valence-corrected chi connectivity index (χ1v) is 16.5. The first-order chi connectivity index (χ1) is 23.7. The molecular formula is C26H30N12O10S3. The van der Waals surface area contributed by atoms with E-state index in [4.69, 9.17) is 49.3 Å². The summed E-state index contributed by atoms with van der Waals surface area (Å²) in [7, 11) is -4.67. The van der Waals surface area contributed by atoms with Gasteiger partial charge in [0.2, 0.25) is 11.9 Å². The third kappa shape index (κ3) is 14.9. The molecule has 0 amide bonds. The molecule has 0 aromatic carbocycles. The molecule has 0 unspecified atom stereocenters. The van der Waals surface area contributed by atoms with Gasteiger partial charge >= 0.3 is 22.2 Å². The molecule has 0 fully saturated rings. The van der Waals surface area contributed by atoms with Crippen molar-refractivity contribution < 1.29 is 36.2 Å². The Kier molecular flexibility index (Phi) is 14.9. The Bertz CT molecular complexity index is 2000. The van der Waals surface area contributed by atoms with E-state index in [9.17, 15) is 20.2 Å². The van der Waals surface area contributed by atoms with E-state index in [1.165, 1.54) is 46.9 Å². The lowest BCUT2D eigenvalue weighted by atomic mass is 10.3. The van der Waals surface area contributed by atoms with Crippen LogP contribution < -0.4 is 22.9 Å². The van der Waals surface area contributed by atoms with Gasteiger partial charge in [0.15, 0.2) is 0 Å². The predicted octanol–water partition coefficient (Wildman–Crippen LogP) is 3.59. The van der Waals surface area contributed by atoms with Gasteiger partial charge < -0.3 is 31.8 Å². The second kappa shape index (κ2) is 18.6. The van der Waals surface area contributed by atoms with Crippen molar-refractivity contribution in [1.82, 2.24) is 9.97 Å². The van der Waals surface area contributed by atoms with Gasteiger partial charge in [-0.05, 0) is 64.1 Å². The lowest BCUT2D eigenvalue weighted by Gasteiger charge is -1.93. The van der Waals surface area contributed by atoms with E-state index in [-0.39, 0.29) is 23.7 Å². The van der Waals surface area contributed by atoms with Crippen LogP contribution in [0.1, 0.15) is 56.5 Å². The van der Waals surface area contributed by atoms with Crippen molar-refractivity contribution in [3.8, 4) is 0 Å². The van der Waals surface area contributed by atoms with Gasteiger partial charge in [0.05, 0.1) is 44.7 Å². The maximum Gasteiger partial charge on any atom is 0.433 e. The molecule has 0 aliphatic carbocycles. The first kappa shape index (κ1) is 41.0. The number of furan rings is 2. The molecule has 0 bridgehead atoms. The fourth-order valence-corrected chi connectivity index (χ4v) is 5.19. The number of nitro groups is 2. The molecule has 0 aliphatic heterocycles. The Morgan fingerprint density at radius 3 is 1.33 bits per heavy atom. The molecule has 25 heteroatoms. The molecule has 0 radical (unpaired) electrons. The minimum absolute atomic E-state index is 0.119. The van der Waals surface area contributed by atoms with Crippen molar-refractivity contribution >= 4 is 92.5 Å². The molecule has 4 heterocycles. The van der Waals surface area contributed by atoms with E-state index in [1.807, 2.05) is 13.8 Å². The highest BCUT2D eigenvalue weighted by Gasteiger charge is 2.13. The minimum atomic E-state index is -4.67. The van der Waals surface area contributed by atoms with E-state index < -0.39 is 20.2 Å². The summed E-state index contributed by atoms with van der Waals surface area (Å²) in [5.41, 5.74) is 23.8. The Morgan fingerprint density at radius 2 is 1.06 bits per heavy atom. The van der Waals surface area contributed by atoms with Crippen LogP contribution >= 0.6 is 22.7 Å². The smallest absolute Gasteiger partial charge is 0.401 e. The van der Waals surface area contributed by atoms with Crippen molar-refractivity contribution in [2.45, 2.75) is 27.7 Å². The SMILES string of the molecule is C/C(=N/N=C(N)N)c1sc(/C=C/c2ccc([N+](=O)[O-])o2)nc1C.C/C(=N/N=C(N)N)c1sc(/C=C/c2ccc([N+](=O)[O-])o2)nc1C.O=S(=O)(O)O. The van der Waals surface area contributed by atoms with Crippen LogP contribution in [0.5, 0.6) is 0 Å². The number of rotatable bonds is 10. The average molecular weight is 767 g/mol. The minimum Gasteiger partial charge on any atom is -0.401 e. The molecule has 0 saturated heterocycles. The summed E-state index contributed by atoms with van der Waals surface area (Å²) < 4.78 is 41.7. The summed E-state index contributed by atoms with van der Waals surface area (Å²) in [5.74, 6) is -0.104. The topological polar surface area (TPSA) is 366 Å². The van der Waals surface area contributed by atoms with Crippen LogP contribution in [0.3, 0.4) is 0 Å². The number of hydrogen-bond donors (Lipinski definition) is 6. The monoisotopic (exact) mass is 766 g/mol. The van der Waals surface area contributed by atoms with Crippen molar-refractivity contribution in [2.24, 2.45) is 43.3 Å². The van der Waals surface area contributed by atoms with E-state index in [0.29, 0.717) is 33.0 Å². The van der Waals surface area contributed by atoms with Crippen LogP contribution in [0.25, 0.3) is 24.3 Å². The molecule has 0 aliphatic rings. The molecule has 272 valence electrons. The molecule has 4 rings (SSSR count). The maximum absolute atomic E-state index is 10.6. The number of nitrogens with two attached hydrogens (primary N) is 4. The molecule has 0 saturated carbocycles. The molecule has 4 aromatic heterocycles. The second-order valence-corrected chi connectivity index (χ2v) is 12.3. The van der Waals surface area contributed by atoms with Crippen LogP contribution in [-0.4, -0.2) is 60.7 Å². The Balaban J connectivity index is 0.000000312. The van der Waals surface area contributed by atoms with Crippen molar-refractivity contribution in [3.63, 3.8) is 0 Å². The molecule has 10 N–H and O–H groups in total. The number of guanidine groups is 2. The molecule has 4 aromatic rings. The summed E-state index contributed by atoms with van der Waals surface area (Å²) >= 11 is 2.79. The maximum atomic E-state index is 10.6. The zero-order chi connectivity index (χ0) is 38.5. The van der Waals surface area contributed by atoms with Crippen LogP contribution in [0.2, 0.25) is 0 Å². The van der Waals surface area contributed by atoms with E-state index in [2.05, 4.69) is 30.4 Å². The predicted molar refractivity (Wildman–Crippen MR) is 193 cm³/mol. The third-order valence-electron chi connectivity index (χ3n) is 5.28. The second-order valence-electron chi connectivity index (χ2n) is 9.33. The van der Waals surface area contributed by atoms with Crippen molar-refractivity contribution in [1.29, 1.82) is 0 Å². The zero-order valence-electron chi connectivity index (χ0n) is 26.9. The summed E-state index contributed by atoms with van der Waals surface area (Å²) in [6, 6.07) is 5.62. The largest absolute Gasteiger partial charge is 0.433 e. The van der Waals surface area contributed by atoms with Crippen LogP contribution in [-0.2, 0) is 10.4 Å². The van der Waals surface area contributed by atoms with Gasteiger partial charge in [-0.15, -0.1) is 32.9 Å². The van der Waals surface area contributed by atoms with Gasteiger partial charge in [-0.2, -0.15) is 18.6 Å². The van der Waals surface area contributed by atoms with Gasteiger partial charge in [0.25, 0.3) is 0 Å². The standard InChI is InChI=1S/2C13H14N6O3S.H2O4S/c2*1-7-12(8(2)17-18-13(14)15)23-10(16-7)5-3-9-4-6-11(22-9)19(20)21;1-5(2,3)4/h2*3-6H,1-2H3,(H4,14,15,18);(H2,1,2,3,4)/b2*5-3+,17-8-;. The molecule has 51 heavy (non-hydrogen) atoms. The summed E-state index contributed by atoms with van der Waals surface area (Å²) in [6.07, 6.45) is 6.63. The van der Waals surface area contributed by atoms with Crippen LogP contribution in [0, 0.1) is 34.1 Å². The number of nitrogens with zero attached hydrogens (tertiary/aromatic N) is 8. The fraction of sp³-hybridized carbons (Fsp3) is 0.154. The highest BCUT2D eigenvalue weighted by atomic mass is 32.3. The van der Waals surface area contributed by atoms with Crippen LogP contribution in [0.15, 0.2) is 53.5 Å². The molecular weight excluding hydrogens is 737 g/mol. The van der Waals surface area contributed by atoms with Gasteiger partial charge in [-0.25, -0.2) is 9.97 Å². The quantitative estimate of drug-likeness (QED) is 0.0441. The lowest BCUT2D eigenvalue weighted by molar-refractivity contribution is -0.402. The van der Waals surface area contributed by atoms with Gasteiger partial charge in [0, 0.05) is 0 Å². The fourth-order valence-electron chi connectivity index (χ4n) is 3.37. The number of thiazole rings is 2. The summed E-state index contributed by atoms with van der Waals surface area (Å²) in [5, 5.41) is 37.6. The number of aryl methyl sites for hydroxylation is 2. The highest BCUT2D eigenvalue weighted by Crippen LogP contribution is 2.24. The highest BCUT2D eigenvalue weighted by molar-refractivity contribution is 7.79. The Labute approximate surface area is 296 Å². The van der Waals surface area contributed by atoms with Crippen LogP contribution in [0.4, 0.5) is 11.8 Å². The third-order valence-corrected chi connectivity index (χ3v) is 7.74. The Hall–Kier alpha value is -6.15. The zero-order valence-corrected chi connectivity index (χ0v) is 29.3. The average Bonchev–Trinajstić information content (AvgIpc) is 3.83. The molecule has 22 nitrogen and oxygen atoms in total. The molecule has 0 spiro atoms. The lowest BCUT2D eigenvalue weighted by Crippen LogP contribution is -2.22. The summed E-state index contributed by atoms with van der Waals surface area (Å²) in [6.45, 7) is 7.23. The Morgan fingerprint density at radius 1 is 0.725 bits per heavy atom. The van der Waals surface area contributed by atoms with E-state index >= 15 is 0 Å². The van der Waals surface area contributed by atoms with Gasteiger partial charge in [-0.1, -0.05) is 0 Å². The number of hydrogen-bond acceptors (Lipinski definition) is 16. The van der Waals surface area contributed by atoms with Gasteiger partial charge in [-0.3, -0.25) is 29.3 Å². The molecule has 0 atom stereocenters. The van der Waals surface area contributed by atoms with E-state index in [0.717, 1.165) is 21.1 Å². The van der Waals surface area contributed by atoms with E-state index in [1.54, 1.807) is 38.2 Å². The first-order valence-electron chi connectivity index (χ1n) is 13.5. The normalized spacial score (nSPS) is 11.8.